The van der Waals surface area contributed by atoms with Crippen LogP contribution in [0.1, 0.15) is 24.5 Å². The molecule has 0 saturated heterocycles. The Labute approximate surface area is 74.6 Å². The van der Waals surface area contributed by atoms with Crippen LogP contribution in [0, 0.1) is 0 Å². The number of nitrogens with two attached hydrogens (primary N) is 1. The van der Waals surface area contributed by atoms with Crippen LogP contribution in [0.4, 0.5) is 5.95 Å². The summed E-state index contributed by atoms with van der Waals surface area (Å²) in [6.07, 6.45) is 4.23. The standard InChI is InChI=1S/C8H9N5/c9-7-11-8-10-4-3-6(5-1-2-5)13(8)12-7/h3-5H,1-2H2,(H2,9,12). The van der Waals surface area contributed by atoms with Crippen LogP contribution in [0.25, 0.3) is 5.78 Å². The first kappa shape index (κ1) is 6.82. The highest BCUT2D eigenvalue weighted by Gasteiger charge is 2.26. The zero-order valence-corrected chi connectivity index (χ0v) is 7.01. The molecule has 1 saturated carbocycles. The first-order valence-electron chi connectivity index (χ1n) is 4.32. The molecule has 1 aliphatic rings. The van der Waals surface area contributed by atoms with Gasteiger partial charge in [-0.05, 0) is 18.9 Å². The zero-order chi connectivity index (χ0) is 8.84. The molecule has 5 nitrogen and oxygen atoms in total. The van der Waals surface area contributed by atoms with Crippen molar-refractivity contribution < 1.29 is 0 Å². The Hall–Kier alpha value is -1.65. The smallest absolute Gasteiger partial charge is 0.254 e. The largest absolute Gasteiger partial charge is 0.366 e. The van der Waals surface area contributed by atoms with Crippen molar-refractivity contribution in [1.82, 2.24) is 19.6 Å². The van der Waals surface area contributed by atoms with E-state index in [1.807, 2.05) is 6.07 Å². The minimum Gasteiger partial charge on any atom is -0.366 e. The molecule has 2 aromatic heterocycles. The molecule has 1 fully saturated rings. The van der Waals surface area contributed by atoms with E-state index < -0.39 is 0 Å². The molecular formula is C8H9N5. The van der Waals surface area contributed by atoms with Gasteiger partial charge in [-0.15, -0.1) is 5.10 Å². The van der Waals surface area contributed by atoms with Gasteiger partial charge < -0.3 is 5.73 Å². The number of hydrogen-bond acceptors (Lipinski definition) is 4. The molecule has 0 unspecified atom stereocenters. The van der Waals surface area contributed by atoms with Gasteiger partial charge in [0.2, 0.25) is 5.95 Å². The number of nitrogens with zero attached hydrogens (tertiary/aromatic N) is 4. The maximum Gasteiger partial charge on any atom is 0.254 e. The molecule has 0 atom stereocenters. The van der Waals surface area contributed by atoms with E-state index >= 15 is 0 Å². The Morgan fingerprint density at radius 1 is 1.46 bits per heavy atom. The van der Waals surface area contributed by atoms with Crippen LogP contribution in [0.5, 0.6) is 0 Å². The van der Waals surface area contributed by atoms with Crippen LogP contribution in [0.2, 0.25) is 0 Å². The Morgan fingerprint density at radius 2 is 2.31 bits per heavy atom. The van der Waals surface area contributed by atoms with Crippen molar-refractivity contribution in [2.24, 2.45) is 0 Å². The third-order valence-corrected chi connectivity index (χ3v) is 2.28. The molecule has 2 N–H and O–H groups in total. The summed E-state index contributed by atoms with van der Waals surface area (Å²) < 4.78 is 1.74. The topological polar surface area (TPSA) is 69.1 Å². The van der Waals surface area contributed by atoms with Gasteiger partial charge in [0.1, 0.15) is 0 Å². The third-order valence-electron chi connectivity index (χ3n) is 2.28. The van der Waals surface area contributed by atoms with Crippen LogP contribution in [-0.4, -0.2) is 19.6 Å². The van der Waals surface area contributed by atoms with Gasteiger partial charge in [0, 0.05) is 12.1 Å². The molecule has 2 aromatic rings. The summed E-state index contributed by atoms with van der Waals surface area (Å²) in [5.74, 6) is 1.52. The van der Waals surface area contributed by atoms with Crippen molar-refractivity contribution in [2.75, 3.05) is 5.73 Å². The first-order valence-corrected chi connectivity index (χ1v) is 4.32. The van der Waals surface area contributed by atoms with Crippen molar-refractivity contribution in [3.63, 3.8) is 0 Å². The van der Waals surface area contributed by atoms with Gasteiger partial charge in [-0.25, -0.2) is 4.98 Å². The molecule has 3 rings (SSSR count). The minimum atomic E-state index is 0.292. The number of anilines is 1. The fourth-order valence-electron chi connectivity index (χ4n) is 1.52. The Balaban J connectivity index is 2.31. The van der Waals surface area contributed by atoms with Gasteiger partial charge in [-0.3, -0.25) is 0 Å². The number of hydrogen-bond donors (Lipinski definition) is 1. The van der Waals surface area contributed by atoms with Crippen molar-refractivity contribution >= 4 is 11.7 Å². The monoisotopic (exact) mass is 175 g/mol. The van der Waals surface area contributed by atoms with Gasteiger partial charge in [0.05, 0.1) is 5.69 Å². The lowest BCUT2D eigenvalue weighted by Gasteiger charge is -1.98. The van der Waals surface area contributed by atoms with E-state index in [0.717, 1.165) is 0 Å². The van der Waals surface area contributed by atoms with E-state index in [2.05, 4.69) is 15.1 Å². The summed E-state index contributed by atoms with van der Waals surface area (Å²) in [5, 5.41) is 4.10. The number of nitrogen functional groups attached to an aromatic ring is 1. The van der Waals surface area contributed by atoms with Crippen LogP contribution in [0.15, 0.2) is 12.3 Å². The molecule has 5 heteroatoms. The summed E-state index contributed by atoms with van der Waals surface area (Å²) in [5.41, 5.74) is 6.67. The summed E-state index contributed by atoms with van der Waals surface area (Å²) in [6, 6.07) is 1.98. The summed E-state index contributed by atoms with van der Waals surface area (Å²) in [6.45, 7) is 0. The second kappa shape index (κ2) is 2.18. The second-order valence-electron chi connectivity index (χ2n) is 3.33. The van der Waals surface area contributed by atoms with E-state index in [1.54, 1.807) is 10.7 Å². The van der Waals surface area contributed by atoms with Gasteiger partial charge in [0.15, 0.2) is 0 Å². The van der Waals surface area contributed by atoms with Crippen molar-refractivity contribution in [3.8, 4) is 0 Å². The van der Waals surface area contributed by atoms with Crippen LogP contribution < -0.4 is 5.73 Å². The molecule has 1 aliphatic carbocycles. The predicted octanol–water partition coefficient (Wildman–Crippen LogP) is 0.584. The fraction of sp³-hybridized carbons (Fsp3) is 0.375. The van der Waals surface area contributed by atoms with E-state index in [-0.39, 0.29) is 0 Å². The molecule has 0 radical (unpaired) electrons. The quantitative estimate of drug-likeness (QED) is 0.688. The lowest BCUT2D eigenvalue weighted by Crippen LogP contribution is -1.98. The molecule has 0 spiro atoms. The molecule has 66 valence electrons. The summed E-state index contributed by atoms with van der Waals surface area (Å²) in [4.78, 5) is 8.08. The van der Waals surface area contributed by atoms with Gasteiger partial charge >= 0.3 is 0 Å². The van der Waals surface area contributed by atoms with E-state index in [9.17, 15) is 0 Å². The number of aromatic nitrogens is 4. The summed E-state index contributed by atoms with van der Waals surface area (Å²) >= 11 is 0. The van der Waals surface area contributed by atoms with Crippen molar-refractivity contribution in [2.45, 2.75) is 18.8 Å². The lowest BCUT2D eigenvalue weighted by atomic mass is 10.3. The average molecular weight is 175 g/mol. The van der Waals surface area contributed by atoms with Gasteiger partial charge in [-0.1, -0.05) is 0 Å². The maximum atomic E-state index is 5.50. The highest BCUT2D eigenvalue weighted by molar-refractivity contribution is 5.36. The molecule has 0 bridgehead atoms. The van der Waals surface area contributed by atoms with Crippen molar-refractivity contribution in [3.05, 3.63) is 18.0 Å². The second-order valence-corrected chi connectivity index (χ2v) is 3.33. The molecule has 0 aromatic carbocycles. The Kier molecular flexibility index (Phi) is 1.15. The number of rotatable bonds is 1. The SMILES string of the molecule is Nc1nc2nccc(C3CC3)n2n1. The lowest BCUT2D eigenvalue weighted by molar-refractivity contribution is 0.845. The average Bonchev–Trinajstić information content (AvgIpc) is 2.86. The molecule has 2 heterocycles. The summed E-state index contributed by atoms with van der Waals surface area (Å²) in [7, 11) is 0. The van der Waals surface area contributed by atoms with Crippen LogP contribution in [-0.2, 0) is 0 Å². The van der Waals surface area contributed by atoms with Crippen molar-refractivity contribution in [1.29, 1.82) is 0 Å². The molecular weight excluding hydrogens is 166 g/mol. The highest BCUT2D eigenvalue weighted by atomic mass is 15.4. The van der Waals surface area contributed by atoms with Crippen LogP contribution in [0.3, 0.4) is 0 Å². The highest BCUT2D eigenvalue weighted by Crippen LogP contribution is 2.39. The Bertz CT molecular complexity index is 457. The molecule has 0 amide bonds. The third kappa shape index (κ3) is 0.965. The minimum absolute atomic E-state index is 0.292. The molecule has 0 aliphatic heterocycles. The number of fused-ring (bicyclic) bond motifs is 1. The predicted molar refractivity (Wildman–Crippen MR) is 47.2 cm³/mol. The first-order chi connectivity index (χ1) is 6.34. The van der Waals surface area contributed by atoms with Gasteiger partial charge in [0.25, 0.3) is 5.78 Å². The molecule has 13 heavy (non-hydrogen) atoms. The fourth-order valence-corrected chi connectivity index (χ4v) is 1.52. The maximum absolute atomic E-state index is 5.50. The Morgan fingerprint density at radius 3 is 3.08 bits per heavy atom. The van der Waals surface area contributed by atoms with E-state index in [0.29, 0.717) is 17.6 Å². The van der Waals surface area contributed by atoms with Gasteiger partial charge in [-0.2, -0.15) is 9.50 Å². The normalized spacial score (nSPS) is 16.6. The van der Waals surface area contributed by atoms with E-state index in [1.165, 1.54) is 18.5 Å². The van der Waals surface area contributed by atoms with E-state index in [4.69, 9.17) is 5.73 Å². The zero-order valence-electron chi connectivity index (χ0n) is 7.01. The van der Waals surface area contributed by atoms with Crippen LogP contribution >= 0.6 is 0 Å².